The van der Waals surface area contributed by atoms with Gasteiger partial charge in [0.2, 0.25) is 5.91 Å². The second-order valence-electron chi connectivity index (χ2n) is 6.16. The highest BCUT2D eigenvalue weighted by atomic mass is 32.1. The molecule has 1 N–H and O–H groups in total. The highest BCUT2D eigenvalue weighted by molar-refractivity contribution is 7.19. The summed E-state index contributed by atoms with van der Waals surface area (Å²) in [5, 5.41) is 3.48. The molecule has 1 amide bonds. The van der Waals surface area contributed by atoms with Gasteiger partial charge in [-0.05, 0) is 17.2 Å². The Balaban J connectivity index is 1.62. The van der Waals surface area contributed by atoms with Gasteiger partial charge < -0.3 is 0 Å². The van der Waals surface area contributed by atoms with Gasteiger partial charge in [-0.2, -0.15) is 0 Å². The summed E-state index contributed by atoms with van der Waals surface area (Å²) in [5.74, 6) is -0.197. The fourth-order valence-corrected chi connectivity index (χ4v) is 3.83. The van der Waals surface area contributed by atoms with Crippen molar-refractivity contribution in [1.82, 2.24) is 4.98 Å². The minimum atomic E-state index is -0.197. The Morgan fingerprint density at radius 2 is 1.36 bits per heavy atom. The average molecular weight is 382 g/mol. The van der Waals surface area contributed by atoms with Gasteiger partial charge in [0.05, 0.1) is 10.6 Å². The molecule has 0 aliphatic rings. The lowest BCUT2D eigenvalue weighted by Crippen LogP contribution is -2.07. The number of aromatic nitrogens is 1. The molecular weight excluding hydrogens is 364 g/mol. The van der Waals surface area contributed by atoms with Crippen LogP contribution in [0.15, 0.2) is 97.1 Å². The van der Waals surface area contributed by atoms with Gasteiger partial charge in [-0.25, -0.2) is 4.98 Å². The zero-order valence-corrected chi connectivity index (χ0v) is 15.9. The van der Waals surface area contributed by atoms with Crippen molar-refractivity contribution in [2.75, 3.05) is 5.32 Å². The van der Waals surface area contributed by atoms with Crippen molar-refractivity contribution in [3.05, 3.63) is 103 Å². The minimum absolute atomic E-state index is 0.197. The van der Waals surface area contributed by atoms with Gasteiger partial charge in [0.1, 0.15) is 0 Å². The third-order valence-electron chi connectivity index (χ3n) is 4.17. The van der Waals surface area contributed by atoms with Crippen LogP contribution in [0.2, 0.25) is 0 Å². The Hall–Kier alpha value is -3.50. The van der Waals surface area contributed by atoms with Crippen molar-refractivity contribution in [3.63, 3.8) is 0 Å². The topological polar surface area (TPSA) is 42.0 Å². The van der Waals surface area contributed by atoms with Gasteiger partial charge in [-0.3, -0.25) is 10.1 Å². The molecule has 1 aromatic heterocycles. The van der Waals surface area contributed by atoms with Gasteiger partial charge in [-0.15, -0.1) is 0 Å². The number of amides is 1. The fraction of sp³-hybridized carbons (Fsp3) is 0. The maximum Gasteiger partial charge on any atom is 0.250 e. The Morgan fingerprint density at radius 3 is 2.00 bits per heavy atom. The van der Waals surface area contributed by atoms with E-state index in [0.29, 0.717) is 5.13 Å². The first-order chi connectivity index (χ1) is 13.8. The van der Waals surface area contributed by atoms with Crippen LogP contribution in [-0.2, 0) is 4.79 Å². The van der Waals surface area contributed by atoms with Crippen molar-refractivity contribution in [2.24, 2.45) is 0 Å². The van der Waals surface area contributed by atoms with Crippen LogP contribution in [0.5, 0.6) is 0 Å². The van der Waals surface area contributed by atoms with Gasteiger partial charge >= 0.3 is 0 Å². The van der Waals surface area contributed by atoms with E-state index in [-0.39, 0.29) is 5.91 Å². The number of benzene rings is 3. The lowest BCUT2D eigenvalue weighted by Gasteiger charge is -2.02. The van der Waals surface area contributed by atoms with E-state index in [1.807, 2.05) is 78.9 Å². The third-order valence-corrected chi connectivity index (χ3v) is 5.19. The quantitative estimate of drug-likeness (QED) is 0.422. The first-order valence-electron chi connectivity index (χ1n) is 8.95. The number of hydrogen-bond donors (Lipinski definition) is 1. The predicted octanol–water partition coefficient (Wildman–Crippen LogP) is 6.13. The molecular formula is C24H18N2OS. The number of rotatable bonds is 5. The molecule has 0 saturated carbocycles. The number of nitrogens with zero attached hydrogens (tertiary/aromatic N) is 1. The van der Waals surface area contributed by atoms with E-state index >= 15 is 0 Å². The summed E-state index contributed by atoms with van der Waals surface area (Å²) in [6.07, 6.45) is 3.32. The van der Waals surface area contributed by atoms with E-state index in [2.05, 4.69) is 17.4 Å². The second kappa shape index (κ2) is 8.46. The molecule has 0 unspecified atom stereocenters. The zero-order valence-electron chi connectivity index (χ0n) is 15.1. The molecule has 4 heteroatoms. The molecule has 0 spiro atoms. The van der Waals surface area contributed by atoms with Crippen molar-refractivity contribution in [3.8, 4) is 21.7 Å². The number of hydrogen-bond acceptors (Lipinski definition) is 3. The van der Waals surface area contributed by atoms with E-state index in [9.17, 15) is 4.79 Å². The Bertz CT molecular complexity index is 1030. The van der Waals surface area contributed by atoms with Crippen LogP contribution in [0.25, 0.3) is 27.8 Å². The number of anilines is 1. The van der Waals surface area contributed by atoms with Gasteiger partial charge in [-0.1, -0.05) is 102 Å². The van der Waals surface area contributed by atoms with Gasteiger partial charge in [0.25, 0.3) is 0 Å². The van der Waals surface area contributed by atoms with Crippen LogP contribution in [0.4, 0.5) is 5.13 Å². The number of thiazole rings is 1. The molecule has 0 saturated heterocycles. The Morgan fingerprint density at radius 1 is 0.786 bits per heavy atom. The van der Waals surface area contributed by atoms with E-state index in [4.69, 9.17) is 4.98 Å². The van der Waals surface area contributed by atoms with Crippen molar-refractivity contribution < 1.29 is 4.79 Å². The van der Waals surface area contributed by atoms with Gasteiger partial charge in [0, 0.05) is 11.6 Å². The first kappa shape index (κ1) is 17.9. The SMILES string of the molecule is O=C(C=Cc1ccccc1)Nc1nc(-c2ccccc2)c(-c2ccccc2)s1. The summed E-state index contributed by atoms with van der Waals surface area (Å²) in [5.41, 5.74) is 3.96. The summed E-state index contributed by atoms with van der Waals surface area (Å²) in [4.78, 5) is 18.1. The first-order valence-corrected chi connectivity index (χ1v) is 9.77. The van der Waals surface area contributed by atoms with Crippen LogP contribution < -0.4 is 5.32 Å². The summed E-state index contributed by atoms with van der Waals surface area (Å²) in [6.45, 7) is 0. The molecule has 3 nitrogen and oxygen atoms in total. The summed E-state index contributed by atoms with van der Waals surface area (Å²) in [7, 11) is 0. The van der Waals surface area contributed by atoms with Crippen LogP contribution in [0.3, 0.4) is 0 Å². The molecule has 0 aliphatic carbocycles. The summed E-state index contributed by atoms with van der Waals surface area (Å²) < 4.78 is 0. The standard InChI is InChI=1S/C24H18N2OS/c27-21(17-16-18-10-4-1-5-11-18)25-24-26-22(19-12-6-2-7-13-19)23(28-24)20-14-8-3-9-15-20/h1-17H,(H,25,26,27). The maximum atomic E-state index is 12.3. The highest BCUT2D eigenvalue weighted by Crippen LogP contribution is 2.38. The largest absolute Gasteiger partial charge is 0.298 e. The molecule has 0 bridgehead atoms. The molecule has 4 aromatic rings. The maximum absolute atomic E-state index is 12.3. The Kier molecular flexibility index (Phi) is 5.41. The average Bonchev–Trinajstić information content (AvgIpc) is 3.18. The number of nitrogens with one attached hydrogen (secondary N) is 1. The van der Waals surface area contributed by atoms with E-state index in [1.54, 1.807) is 6.08 Å². The van der Waals surface area contributed by atoms with Gasteiger partial charge in [0.15, 0.2) is 5.13 Å². The molecule has 0 atom stereocenters. The molecule has 28 heavy (non-hydrogen) atoms. The van der Waals surface area contributed by atoms with Crippen molar-refractivity contribution in [1.29, 1.82) is 0 Å². The van der Waals surface area contributed by atoms with Crippen molar-refractivity contribution in [2.45, 2.75) is 0 Å². The summed E-state index contributed by atoms with van der Waals surface area (Å²) in [6, 6.07) is 29.9. The second-order valence-corrected chi connectivity index (χ2v) is 7.16. The molecule has 136 valence electrons. The fourth-order valence-electron chi connectivity index (χ4n) is 2.83. The smallest absolute Gasteiger partial charge is 0.250 e. The Labute approximate surface area is 168 Å². The normalized spacial score (nSPS) is 10.9. The highest BCUT2D eigenvalue weighted by Gasteiger charge is 2.15. The molecule has 4 rings (SSSR count). The predicted molar refractivity (Wildman–Crippen MR) is 117 cm³/mol. The van der Waals surface area contributed by atoms with E-state index in [0.717, 1.165) is 27.3 Å². The van der Waals surface area contributed by atoms with Crippen LogP contribution in [0, 0.1) is 0 Å². The molecule has 0 radical (unpaired) electrons. The number of carbonyl (C=O) groups is 1. The third kappa shape index (κ3) is 4.24. The molecule has 3 aromatic carbocycles. The van der Waals surface area contributed by atoms with Crippen LogP contribution in [0.1, 0.15) is 5.56 Å². The lowest BCUT2D eigenvalue weighted by atomic mass is 10.1. The molecule has 0 fully saturated rings. The zero-order chi connectivity index (χ0) is 19.2. The molecule has 0 aliphatic heterocycles. The monoisotopic (exact) mass is 382 g/mol. The van der Waals surface area contributed by atoms with E-state index in [1.165, 1.54) is 17.4 Å². The molecule has 1 heterocycles. The van der Waals surface area contributed by atoms with Crippen molar-refractivity contribution >= 4 is 28.5 Å². The van der Waals surface area contributed by atoms with E-state index < -0.39 is 0 Å². The lowest BCUT2D eigenvalue weighted by molar-refractivity contribution is -0.111. The minimum Gasteiger partial charge on any atom is -0.298 e. The number of carbonyl (C=O) groups excluding carboxylic acids is 1. The van der Waals surface area contributed by atoms with Crippen LogP contribution >= 0.6 is 11.3 Å². The summed E-state index contributed by atoms with van der Waals surface area (Å²) >= 11 is 1.48. The van der Waals surface area contributed by atoms with Crippen LogP contribution in [-0.4, -0.2) is 10.9 Å².